The Morgan fingerprint density at radius 1 is 1.12 bits per heavy atom. The van der Waals surface area contributed by atoms with Gasteiger partial charge in [-0.05, 0) is 41.8 Å². The van der Waals surface area contributed by atoms with Gasteiger partial charge >= 0.3 is 0 Å². The van der Waals surface area contributed by atoms with Gasteiger partial charge in [0, 0.05) is 41.5 Å². The molecule has 2 aliphatic rings. The fourth-order valence-corrected chi connectivity index (χ4v) is 5.70. The predicted octanol–water partition coefficient (Wildman–Crippen LogP) is 4.13. The molecule has 1 unspecified atom stereocenters. The van der Waals surface area contributed by atoms with Crippen LogP contribution in [0.15, 0.2) is 36.4 Å². The van der Waals surface area contributed by atoms with E-state index in [1.54, 1.807) is 11.3 Å². The van der Waals surface area contributed by atoms with E-state index in [1.165, 1.54) is 4.88 Å². The molecule has 174 valence electrons. The van der Waals surface area contributed by atoms with Crippen LogP contribution in [0.1, 0.15) is 34.7 Å². The number of aromatic nitrogens is 2. The first-order valence-corrected chi connectivity index (χ1v) is 12.4. The highest BCUT2D eigenvalue weighted by molar-refractivity contribution is 7.15. The van der Waals surface area contributed by atoms with Crippen molar-refractivity contribution in [2.24, 2.45) is 0 Å². The maximum atomic E-state index is 9.68. The first kappa shape index (κ1) is 22.7. The average molecular weight is 486 g/mol. The molecule has 0 spiro atoms. The number of thiophene rings is 1. The highest BCUT2D eigenvalue weighted by atomic mass is 35.5. The number of nitrogens with one attached hydrogen (secondary N) is 1. The Morgan fingerprint density at radius 2 is 1.94 bits per heavy atom. The Hall–Kier alpha value is -2.07. The van der Waals surface area contributed by atoms with Crippen LogP contribution in [-0.4, -0.2) is 57.8 Å². The summed E-state index contributed by atoms with van der Waals surface area (Å²) in [5, 5.41) is 13.5. The summed E-state index contributed by atoms with van der Waals surface area (Å²) < 4.78 is 5.47. The van der Waals surface area contributed by atoms with E-state index in [-0.39, 0.29) is 17.9 Å². The Bertz CT molecular complexity index is 1120. The van der Waals surface area contributed by atoms with Crippen molar-refractivity contribution in [2.75, 3.05) is 38.3 Å². The lowest BCUT2D eigenvalue weighted by atomic mass is 10.1. The van der Waals surface area contributed by atoms with Crippen molar-refractivity contribution in [3.05, 3.63) is 63.4 Å². The number of halogens is 1. The van der Waals surface area contributed by atoms with Crippen LogP contribution in [-0.2, 0) is 24.4 Å². The average Bonchev–Trinajstić information content (AvgIpc) is 3.47. The summed E-state index contributed by atoms with van der Waals surface area (Å²) >= 11 is 8.01. The quantitative estimate of drug-likeness (QED) is 0.487. The number of nitrogens with zero attached hydrogens (tertiary/aromatic N) is 4. The second-order valence-corrected chi connectivity index (χ2v) is 9.96. The highest BCUT2D eigenvalue weighted by Crippen LogP contribution is 2.36. The van der Waals surface area contributed by atoms with E-state index in [9.17, 15) is 5.11 Å². The van der Waals surface area contributed by atoms with Crippen LogP contribution in [0.2, 0.25) is 5.28 Å². The van der Waals surface area contributed by atoms with Gasteiger partial charge in [-0.2, -0.15) is 0 Å². The van der Waals surface area contributed by atoms with Gasteiger partial charge in [0.25, 0.3) is 0 Å². The topological polar surface area (TPSA) is 73.8 Å². The lowest BCUT2D eigenvalue weighted by Crippen LogP contribution is -2.42. The van der Waals surface area contributed by atoms with Gasteiger partial charge in [0.05, 0.1) is 38.2 Å². The third kappa shape index (κ3) is 5.06. The number of benzene rings is 1. The fourth-order valence-electron chi connectivity index (χ4n) is 4.44. The van der Waals surface area contributed by atoms with Crippen molar-refractivity contribution in [3.8, 4) is 10.4 Å². The zero-order valence-electron chi connectivity index (χ0n) is 18.6. The third-order valence-electron chi connectivity index (χ3n) is 6.18. The molecule has 7 nitrogen and oxygen atoms in total. The van der Waals surface area contributed by atoms with Gasteiger partial charge in [-0.3, -0.25) is 9.80 Å². The first-order chi connectivity index (χ1) is 16.1. The van der Waals surface area contributed by atoms with Crippen molar-refractivity contribution in [1.29, 1.82) is 0 Å². The van der Waals surface area contributed by atoms with Crippen molar-refractivity contribution < 1.29 is 9.84 Å². The van der Waals surface area contributed by atoms with Crippen LogP contribution in [0.3, 0.4) is 0 Å². The summed E-state index contributed by atoms with van der Waals surface area (Å²) in [5.41, 5.74) is 4.14. The lowest BCUT2D eigenvalue weighted by Gasteiger charge is -2.30. The van der Waals surface area contributed by atoms with E-state index in [2.05, 4.69) is 50.2 Å². The molecule has 4 heterocycles. The fraction of sp³-hybridized carbons (Fsp3) is 0.417. The summed E-state index contributed by atoms with van der Waals surface area (Å²) in [6.45, 7) is 8.15. The number of rotatable bonds is 7. The summed E-state index contributed by atoms with van der Waals surface area (Å²) in [6, 6.07) is 12.3. The Morgan fingerprint density at radius 3 is 2.76 bits per heavy atom. The Labute approximate surface area is 203 Å². The van der Waals surface area contributed by atoms with Crippen molar-refractivity contribution in [2.45, 2.75) is 32.7 Å². The van der Waals surface area contributed by atoms with Gasteiger partial charge in [-0.15, -0.1) is 11.3 Å². The Kier molecular flexibility index (Phi) is 6.91. The van der Waals surface area contributed by atoms with E-state index in [1.807, 2.05) is 18.2 Å². The number of anilines is 1. The van der Waals surface area contributed by atoms with Crippen molar-refractivity contribution in [1.82, 2.24) is 19.8 Å². The van der Waals surface area contributed by atoms with E-state index in [0.29, 0.717) is 0 Å². The summed E-state index contributed by atoms with van der Waals surface area (Å²) in [6.07, 6.45) is 0. The standard InChI is InChI=1S/C24H28ClN5O2S/c1-16(21-6-7-22(33-21)18-5-3-2-4-17(18)14-31)26-23-19-12-30(13-20(19)27-24(25)28-23)15-29-8-10-32-11-9-29/h2-7,16,31H,8-15H2,1H3,(H,26,27,28). The van der Waals surface area contributed by atoms with E-state index < -0.39 is 0 Å². The van der Waals surface area contributed by atoms with Gasteiger partial charge < -0.3 is 15.2 Å². The lowest BCUT2D eigenvalue weighted by molar-refractivity contribution is 0.00883. The second-order valence-electron chi connectivity index (χ2n) is 8.51. The van der Waals surface area contributed by atoms with E-state index in [4.69, 9.17) is 16.3 Å². The zero-order chi connectivity index (χ0) is 22.8. The van der Waals surface area contributed by atoms with E-state index >= 15 is 0 Å². The van der Waals surface area contributed by atoms with Crippen LogP contribution in [0.5, 0.6) is 0 Å². The number of ether oxygens (including phenoxy) is 1. The van der Waals surface area contributed by atoms with Crippen LogP contribution < -0.4 is 5.32 Å². The van der Waals surface area contributed by atoms with Gasteiger partial charge in [0.15, 0.2) is 0 Å². The first-order valence-electron chi connectivity index (χ1n) is 11.2. The molecule has 2 aliphatic heterocycles. The molecule has 0 bridgehead atoms. The molecule has 1 saturated heterocycles. The molecule has 1 fully saturated rings. The molecule has 9 heteroatoms. The molecule has 0 amide bonds. The minimum atomic E-state index is 0.0315. The SMILES string of the molecule is CC(Nc1nc(Cl)nc2c1CN(CN1CCOCC1)C2)c1ccc(-c2ccccc2CO)s1. The molecule has 0 aliphatic carbocycles. The highest BCUT2D eigenvalue weighted by Gasteiger charge is 2.27. The summed E-state index contributed by atoms with van der Waals surface area (Å²) in [4.78, 5) is 16.2. The molecular formula is C24H28ClN5O2S. The normalized spacial score (nSPS) is 17.8. The molecule has 33 heavy (non-hydrogen) atoms. The third-order valence-corrected chi connectivity index (χ3v) is 7.65. The Balaban J connectivity index is 1.31. The number of hydrogen-bond donors (Lipinski definition) is 2. The minimum absolute atomic E-state index is 0.0315. The number of fused-ring (bicyclic) bond motifs is 1. The van der Waals surface area contributed by atoms with Crippen LogP contribution in [0.25, 0.3) is 10.4 Å². The smallest absolute Gasteiger partial charge is 0.224 e. The number of hydrogen-bond acceptors (Lipinski definition) is 8. The maximum absolute atomic E-state index is 9.68. The maximum Gasteiger partial charge on any atom is 0.224 e. The molecule has 2 N–H and O–H groups in total. The molecule has 1 atom stereocenters. The number of morpholine rings is 1. The molecule has 5 rings (SSSR count). The van der Waals surface area contributed by atoms with Crippen LogP contribution in [0, 0.1) is 0 Å². The summed E-state index contributed by atoms with van der Waals surface area (Å²) in [5.74, 6) is 0.813. The molecule has 0 radical (unpaired) electrons. The minimum Gasteiger partial charge on any atom is -0.392 e. The van der Waals surface area contributed by atoms with Crippen molar-refractivity contribution >= 4 is 28.8 Å². The predicted molar refractivity (Wildman–Crippen MR) is 131 cm³/mol. The molecular weight excluding hydrogens is 458 g/mol. The van der Waals surface area contributed by atoms with Crippen LogP contribution in [0.4, 0.5) is 5.82 Å². The zero-order valence-corrected chi connectivity index (χ0v) is 20.2. The van der Waals surface area contributed by atoms with Crippen LogP contribution >= 0.6 is 22.9 Å². The summed E-state index contributed by atoms with van der Waals surface area (Å²) in [7, 11) is 0. The molecule has 1 aromatic carbocycles. The van der Waals surface area contributed by atoms with Gasteiger partial charge in [-0.1, -0.05) is 24.3 Å². The van der Waals surface area contributed by atoms with E-state index in [0.717, 1.165) is 79.1 Å². The van der Waals surface area contributed by atoms with Gasteiger partial charge in [-0.25, -0.2) is 9.97 Å². The molecule has 3 aromatic rings. The van der Waals surface area contributed by atoms with Crippen molar-refractivity contribution in [3.63, 3.8) is 0 Å². The number of aliphatic hydroxyl groups is 1. The molecule has 0 saturated carbocycles. The van der Waals surface area contributed by atoms with Gasteiger partial charge in [0.1, 0.15) is 5.82 Å². The second kappa shape index (κ2) is 10.0. The monoisotopic (exact) mass is 485 g/mol. The molecule has 2 aromatic heterocycles. The number of aliphatic hydroxyl groups excluding tert-OH is 1. The largest absolute Gasteiger partial charge is 0.392 e. The van der Waals surface area contributed by atoms with Gasteiger partial charge in [0.2, 0.25) is 5.28 Å².